The second kappa shape index (κ2) is 4.66. The quantitative estimate of drug-likeness (QED) is 0.906. The number of hydrogen-bond donors (Lipinski definition) is 1. The maximum Gasteiger partial charge on any atom is 0.396 e. The van der Waals surface area contributed by atoms with Gasteiger partial charge in [0.15, 0.2) is 9.84 Å². The Balaban J connectivity index is 3.41. The predicted molar refractivity (Wildman–Crippen MR) is 57.4 cm³/mol. The van der Waals surface area contributed by atoms with Crippen LogP contribution in [0.1, 0.15) is 11.5 Å². The lowest BCUT2D eigenvalue weighted by Crippen LogP contribution is -2.29. The molecule has 0 heterocycles. The van der Waals surface area contributed by atoms with Crippen molar-refractivity contribution in [2.75, 3.05) is 12.8 Å². The Morgan fingerprint density at radius 1 is 1.29 bits per heavy atom. The van der Waals surface area contributed by atoms with Crippen molar-refractivity contribution in [1.29, 1.82) is 0 Å². The predicted octanol–water partition coefficient (Wildman–Crippen LogP) is 1.69. The van der Waals surface area contributed by atoms with Gasteiger partial charge in [-0.15, -0.1) is 0 Å². The van der Waals surface area contributed by atoms with Gasteiger partial charge >= 0.3 is 6.18 Å². The van der Waals surface area contributed by atoms with E-state index in [-0.39, 0.29) is 10.5 Å². The molecular weight excluding hydrogens is 255 g/mol. The van der Waals surface area contributed by atoms with Crippen LogP contribution in [0.15, 0.2) is 29.2 Å². The molecule has 0 spiro atoms. The molecule has 0 aliphatic heterocycles. The molecule has 7 heteroatoms. The topological polar surface area (TPSA) is 60.2 Å². The van der Waals surface area contributed by atoms with Crippen LogP contribution in [0.5, 0.6) is 0 Å². The van der Waals surface area contributed by atoms with Crippen molar-refractivity contribution >= 4 is 9.84 Å². The molecule has 0 saturated heterocycles. The Bertz CT molecular complexity index is 497. The molecule has 1 aromatic carbocycles. The number of sulfone groups is 1. The Kier molecular flexibility index (Phi) is 3.83. The highest BCUT2D eigenvalue weighted by molar-refractivity contribution is 7.90. The molecule has 0 amide bonds. The minimum atomic E-state index is -4.56. The van der Waals surface area contributed by atoms with Crippen LogP contribution in [-0.2, 0) is 9.84 Å². The lowest BCUT2D eigenvalue weighted by atomic mass is 9.99. The average molecular weight is 267 g/mol. The maximum atomic E-state index is 12.7. The molecule has 1 rings (SSSR count). The van der Waals surface area contributed by atoms with E-state index < -0.39 is 28.5 Å². The SMILES string of the molecule is CS(=O)(=O)c1ccccc1C(CN)C(F)(F)F. The third kappa shape index (κ3) is 3.19. The monoisotopic (exact) mass is 267 g/mol. The summed E-state index contributed by atoms with van der Waals surface area (Å²) in [6, 6.07) is 5.03. The molecule has 2 N–H and O–H groups in total. The Morgan fingerprint density at radius 3 is 2.24 bits per heavy atom. The van der Waals surface area contributed by atoms with Crippen molar-refractivity contribution in [2.45, 2.75) is 17.0 Å². The highest BCUT2D eigenvalue weighted by atomic mass is 32.2. The molecule has 0 bridgehead atoms. The zero-order valence-electron chi connectivity index (χ0n) is 9.03. The summed E-state index contributed by atoms with van der Waals surface area (Å²) in [4.78, 5) is -0.326. The van der Waals surface area contributed by atoms with Gasteiger partial charge in [-0.3, -0.25) is 0 Å². The molecule has 1 aromatic rings. The third-order valence-electron chi connectivity index (χ3n) is 2.32. The first-order valence-corrected chi connectivity index (χ1v) is 6.63. The second-order valence-corrected chi connectivity index (χ2v) is 5.62. The number of nitrogens with two attached hydrogens (primary N) is 1. The van der Waals surface area contributed by atoms with E-state index in [1.807, 2.05) is 0 Å². The standard InChI is InChI=1S/C10H12F3NO2S/c1-17(15,16)9-5-3-2-4-7(9)8(6-14)10(11,12)13/h2-5,8H,6,14H2,1H3. The fraction of sp³-hybridized carbons (Fsp3) is 0.400. The van der Waals surface area contributed by atoms with Gasteiger partial charge in [0.25, 0.3) is 0 Å². The van der Waals surface area contributed by atoms with Crippen molar-refractivity contribution in [3.05, 3.63) is 29.8 Å². The van der Waals surface area contributed by atoms with Gasteiger partial charge in [0, 0.05) is 12.8 Å². The summed E-state index contributed by atoms with van der Waals surface area (Å²) in [5, 5.41) is 0. The van der Waals surface area contributed by atoms with Crippen LogP contribution in [0.4, 0.5) is 13.2 Å². The minimum Gasteiger partial charge on any atom is -0.330 e. The maximum absolute atomic E-state index is 12.7. The molecule has 0 aliphatic carbocycles. The molecule has 96 valence electrons. The molecule has 1 atom stereocenters. The van der Waals surface area contributed by atoms with Crippen LogP contribution in [0.2, 0.25) is 0 Å². The Hall–Kier alpha value is -1.08. The normalized spacial score (nSPS) is 14.6. The van der Waals surface area contributed by atoms with Gasteiger partial charge in [0.05, 0.1) is 10.8 Å². The largest absolute Gasteiger partial charge is 0.396 e. The van der Waals surface area contributed by atoms with E-state index in [0.717, 1.165) is 18.4 Å². The number of halogens is 3. The molecule has 3 nitrogen and oxygen atoms in total. The highest BCUT2D eigenvalue weighted by Crippen LogP contribution is 2.36. The van der Waals surface area contributed by atoms with Crippen molar-refractivity contribution in [3.63, 3.8) is 0 Å². The first-order chi connectivity index (χ1) is 7.68. The van der Waals surface area contributed by atoms with E-state index in [0.29, 0.717) is 0 Å². The van der Waals surface area contributed by atoms with E-state index in [9.17, 15) is 21.6 Å². The smallest absolute Gasteiger partial charge is 0.330 e. The van der Waals surface area contributed by atoms with E-state index >= 15 is 0 Å². The van der Waals surface area contributed by atoms with Crippen LogP contribution in [-0.4, -0.2) is 27.4 Å². The van der Waals surface area contributed by atoms with E-state index in [1.54, 1.807) is 0 Å². The molecular formula is C10H12F3NO2S. The van der Waals surface area contributed by atoms with Crippen LogP contribution in [0, 0.1) is 0 Å². The van der Waals surface area contributed by atoms with Crippen LogP contribution in [0.3, 0.4) is 0 Å². The number of benzene rings is 1. The lowest BCUT2D eigenvalue weighted by molar-refractivity contribution is -0.148. The van der Waals surface area contributed by atoms with Crippen molar-refractivity contribution in [1.82, 2.24) is 0 Å². The first kappa shape index (κ1) is 14.0. The van der Waals surface area contributed by atoms with E-state index in [4.69, 9.17) is 5.73 Å². The number of alkyl halides is 3. The van der Waals surface area contributed by atoms with Gasteiger partial charge in [0.2, 0.25) is 0 Å². The molecule has 17 heavy (non-hydrogen) atoms. The van der Waals surface area contributed by atoms with Gasteiger partial charge in [-0.25, -0.2) is 8.42 Å². The zero-order valence-corrected chi connectivity index (χ0v) is 9.85. The molecule has 0 saturated carbocycles. The third-order valence-corrected chi connectivity index (χ3v) is 3.50. The fourth-order valence-corrected chi connectivity index (χ4v) is 2.51. The summed E-state index contributed by atoms with van der Waals surface area (Å²) >= 11 is 0. The van der Waals surface area contributed by atoms with Gasteiger partial charge in [-0.1, -0.05) is 18.2 Å². The summed E-state index contributed by atoms with van der Waals surface area (Å²) in [6.45, 7) is -0.684. The van der Waals surface area contributed by atoms with Gasteiger partial charge in [-0.2, -0.15) is 13.2 Å². The van der Waals surface area contributed by atoms with E-state index in [1.165, 1.54) is 12.1 Å². The first-order valence-electron chi connectivity index (χ1n) is 4.73. The molecule has 0 aliphatic rings. The molecule has 0 radical (unpaired) electrons. The summed E-state index contributed by atoms with van der Waals surface area (Å²) in [6.07, 6.45) is -3.69. The number of rotatable bonds is 3. The summed E-state index contributed by atoms with van der Waals surface area (Å²) in [5.74, 6) is -1.96. The van der Waals surface area contributed by atoms with Crippen LogP contribution in [0.25, 0.3) is 0 Å². The Labute approximate surface area is 97.4 Å². The average Bonchev–Trinajstić information content (AvgIpc) is 2.15. The van der Waals surface area contributed by atoms with Gasteiger partial charge in [-0.05, 0) is 11.6 Å². The fourth-order valence-electron chi connectivity index (χ4n) is 1.54. The van der Waals surface area contributed by atoms with Crippen molar-refractivity contribution in [2.24, 2.45) is 5.73 Å². The van der Waals surface area contributed by atoms with Gasteiger partial charge in [0.1, 0.15) is 0 Å². The van der Waals surface area contributed by atoms with Crippen LogP contribution < -0.4 is 5.73 Å². The zero-order chi connectivity index (χ0) is 13.3. The molecule has 1 unspecified atom stereocenters. The summed E-state index contributed by atoms with van der Waals surface area (Å²) in [7, 11) is -3.70. The van der Waals surface area contributed by atoms with E-state index in [2.05, 4.69) is 0 Å². The number of hydrogen-bond acceptors (Lipinski definition) is 3. The Morgan fingerprint density at radius 2 is 1.82 bits per heavy atom. The van der Waals surface area contributed by atoms with Gasteiger partial charge < -0.3 is 5.73 Å². The van der Waals surface area contributed by atoms with Crippen LogP contribution >= 0.6 is 0 Å². The summed E-state index contributed by atoms with van der Waals surface area (Å²) < 4.78 is 60.9. The van der Waals surface area contributed by atoms with Crippen molar-refractivity contribution in [3.8, 4) is 0 Å². The highest BCUT2D eigenvalue weighted by Gasteiger charge is 2.41. The molecule has 0 aromatic heterocycles. The van der Waals surface area contributed by atoms with Crippen molar-refractivity contribution < 1.29 is 21.6 Å². The lowest BCUT2D eigenvalue weighted by Gasteiger charge is -2.20. The second-order valence-electron chi connectivity index (χ2n) is 3.64. The summed E-state index contributed by atoms with van der Waals surface area (Å²) in [5.41, 5.74) is 4.79. The molecule has 0 fully saturated rings. The minimum absolute atomic E-state index is 0.301.